The van der Waals surface area contributed by atoms with Crippen LogP contribution in [0.3, 0.4) is 0 Å². The van der Waals surface area contributed by atoms with Crippen LogP contribution in [0.4, 0.5) is 5.69 Å². The number of ketones is 1. The van der Waals surface area contributed by atoms with E-state index >= 15 is 0 Å². The molecule has 0 bridgehead atoms. The molecule has 0 spiro atoms. The number of carbonyl (C=O) groups is 2. The van der Waals surface area contributed by atoms with Gasteiger partial charge in [-0.25, -0.2) is 0 Å². The van der Waals surface area contributed by atoms with Crippen molar-refractivity contribution in [3.63, 3.8) is 0 Å². The van der Waals surface area contributed by atoms with E-state index in [2.05, 4.69) is 22.4 Å². The van der Waals surface area contributed by atoms with Crippen LogP contribution in [0.15, 0.2) is 47.2 Å². The Morgan fingerprint density at radius 1 is 1.43 bits per heavy atom. The molecule has 1 aromatic carbocycles. The molecular formula is C16H17N3O2. The minimum absolute atomic E-state index is 0.197. The molecule has 0 saturated carbocycles. The molecule has 1 amide bonds. The van der Waals surface area contributed by atoms with Crippen LogP contribution in [0, 0.1) is 0 Å². The molecule has 0 aromatic heterocycles. The molecule has 0 aliphatic carbocycles. The smallest absolute Gasteiger partial charge is 0.221 e. The zero-order valence-corrected chi connectivity index (χ0v) is 12.1. The third-order valence-corrected chi connectivity index (χ3v) is 3.13. The van der Waals surface area contributed by atoms with Gasteiger partial charge >= 0.3 is 0 Å². The van der Waals surface area contributed by atoms with Crippen LogP contribution in [0.2, 0.25) is 0 Å². The van der Waals surface area contributed by atoms with E-state index in [1.165, 1.54) is 13.0 Å². The number of nitrogens with zero attached hydrogens (tertiary/aromatic N) is 1. The molecule has 0 radical (unpaired) electrons. The molecule has 0 atom stereocenters. The Bertz CT molecular complexity index is 672. The van der Waals surface area contributed by atoms with Crippen molar-refractivity contribution in [1.29, 1.82) is 0 Å². The van der Waals surface area contributed by atoms with Gasteiger partial charge in [-0.1, -0.05) is 25.6 Å². The number of amides is 1. The normalized spacial score (nSPS) is 17.4. The second-order valence-corrected chi connectivity index (χ2v) is 4.70. The van der Waals surface area contributed by atoms with Crippen molar-refractivity contribution < 1.29 is 9.59 Å². The first kappa shape index (κ1) is 14.7. The van der Waals surface area contributed by atoms with Crippen LogP contribution < -0.4 is 10.7 Å². The summed E-state index contributed by atoms with van der Waals surface area (Å²) in [4.78, 5) is 23.8. The maximum atomic E-state index is 12.5. The Kier molecular flexibility index (Phi) is 4.33. The Balaban J connectivity index is 2.53. The Labute approximate surface area is 123 Å². The van der Waals surface area contributed by atoms with Gasteiger partial charge in [-0.2, -0.15) is 5.10 Å². The number of nitrogens with one attached hydrogen (secondary N) is 2. The molecule has 1 aliphatic rings. The highest BCUT2D eigenvalue weighted by molar-refractivity contribution is 6.15. The summed E-state index contributed by atoms with van der Waals surface area (Å²) in [5.41, 5.74) is 5.77. The molecule has 5 heteroatoms. The summed E-state index contributed by atoms with van der Waals surface area (Å²) in [6.07, 6.45) is 3.74. The van der Waals surface area contributed by atoms with Crippen LogP contribution in [0.25, 0.3) is 0 Å². The number of allylic oxidation sites excluding steroid dienone is 2. The van der Waals surface area contributed by atoms with Gasteiger partial charge in [0.2, 0.25) is 5.91 Å². The molecular weight excluding hydrogens is 266 g/mol. The summed E-state index contributed by atoms with van der Waals surface area (Å²) < 4.78 is 0. The van der Waals surface area contributed by atoms with E-state index in [0.717, 1.165) is 5.57 Å². The van der Waals surface area contributed by atoms with Gasteiger partial charge in [0.15, 0.2) is 5.78 Å². The van der Waals surface area contributed by atoms with Gasteiger partial charge in [0.25, 0.3) is 0 Å². The summed E-state index contributed by atoms with van der Waals surface area (Å²) in [7, 11) is 0. The minimum atomic E-state index is -0.226. The van der Waals surface area contributed by atoms with Crippen LogP contribution in [-0.2, 0) is 4.79 Å². The first-order valence-electron chi connectivity index (χ1n) is 6.66. The van der Waals surface area contributed by atoms with Crippen LogP contribution >= 0.6 is 0 Å². The highest BCUT2D eigenvalue weighted by Gasteiger charge is 2.17. The zero-order valence-electron chi connectivity index (χ0n) is 12.1. The number of hydrazone groups is 1. The maximum Gasteiger partial charge on any atom is 0.221 e. The molecule has 108 valence electrons. The largest absolute Gasteiger partial charge is 0.326 e. The molecule has 2 N–H and O–H groups in total. The van der Waals surface area contributed by atoms with E-state index < -0.39 is 0 Å². The fourth-order valence-electron chi connectivity index (χ4n) is 2.03. The number of anilines is 1. The molecule has 1 aliphatic heterocycles. The topological polar surface area (TPSA) is 70.6 Å². The molecule has 1 aromatic rings. The average molecular weight is 283 g/mol. The van der Waals surface area contributed by atoms with Crippen molar-refractivity contribution in [2.75, 3.05) is 5.32 Å². The summed E-state index contributed by atoms with van der Waals surface area (Å²) in [5.74, 6) is -0.423. The zero-order chi connectivity index (χ0) is 15.4. The fourth-order valence-corrected chi connectivity index (χ4v) is 2.03. The van der Waals surface area contributed by atoms with Crippen molar-refractivity contribution in [1.82, 2.24) is 5.43 Å². The Hall–Kier alpha value is -2.69. The van der Waals surface area contributed by atoms with Gasteiger partial charge in [0.1, 0.15) is 0 Å². The van der Waals surface area contributed by atoms with Crippen LogP contribution in [0.1, 0.15) is 36.2 Å². The predicted octanol–water partition coefficient (Wildman–Crippen LogP) is 2.61. The third-order valence-electron chi connectivity index (χ3n) is 3.13. The van der Waals surface area contributed by atoms with Gasteiger partial charge in [0, 0.05) is 18.6 Å². The van der Waals surface area contributed by atoms with Crippen LogP contribution in [0.5, 0.6) is 0 Å². The first-order chi connectivity index (χ1) is 10.0. The second-order valence-electron chi connectivity index (χ2n) is 4.70. The van der Waals surface area contributed by atoms with Crippen LogP contribution in [-0.4, -0.2) is 17.9 Å². The predicted molar refractivity (Wildman–Crippen MR) is 83.3 cm³/mol. The van der Waals surface area contributed by atoms with Gasteiger partial charge in [-0.3, -0.25) is 15.0 Å². The number of hydrogen-bond acceptors (Lipinski definition) is 4. The lowest BCUT2D eigenvalue weighted by Gasteiger charge is -2.15. The van der Waals surface area contributed by atoms with Crippen molar-refractivity contribution in [3.05, 3.63) is 53.3 Å². The molecule has 1 heterocycles. The molecule has 0 unspecified atom stereocenters. The van der Waals surface area contributed by atoms with E-state index in [9.17, 15) is 9.59 Å². The van der Waals surface area contributed by atoms with Crippen molar-refractivity contribution >= 4 is 23.6 Å². The highest BCUT2D eigenvalue weighted by atomic mass is 16.1. The molecule has 5 nitrogen and oxygen atoms in total. The third kappa shape index (κ3) is 3.25. The lowest BCUT2D eigenvalue weighted by atomic mass is 9.99. The van der Waals surface area contributed by atoms with E-state index in [0.29, 0.717) is 28.9 Å². The molecule has 0 saturated heterocycles. The number of carbonyl (C=O) groups excluding carboxylic acids is 2. The maximum absolute atomic E-state index is 12.5. The van der Waals surface area contributed by atoms with Gasteiger partial charge < -0.3 is 5.32 Å². The summed E-state index contributed by atoms with van der Waals surface area (Å²) >= 11 is 0. The van der Waals surface area contributed by atoms with E-state index in [1.54, 1.807) is 24.4 Å². The lowest BCUT2D eigenvalue weighted by molar-refractivity contribution is -0.114. The Morgan fingerprint density at radius 3 is 2.86 bits per heavy atom. The van der Waals surface area contributed by atoms with Crippen molar-refractivity contribution in [3.8, 4) is 0 Å². The van der Waals surface area contributed by atoms with E-state index in [4.69, 9.17) is 0 Å². The standard InChI is InChI=1S/C16H17N3O2/c1-4-10(2)14-8-15(21)16-12(9-17-19-14)6-5-7-13(16)18-11(3)20/h5-9,19H,2,4H2,1,3H3,(H,18,20)/b14-8+,17-9+. The highest BCUT2D eigenvalue weighted by Crippen LogP contribution is 2.23. The first-order valence-corrected chi connectivity index (χ1v) is 6.66. The number of rotatable bonds is 3. The fraction of sp³-hybridized carbons (Fsp3) is 0.188. The summed E-state index contributed by atoms with van der Waals surface area (Å²) in [6.45, 7) is 7.26. The number of fused-ring (bicyclic) bond motifs is 1. The van der Waals surface area contributed by atoms with E-state index in [-0.39, 0.29) is 11.7 Å². The monoisotopic (exact) mass is 283 g/mol. The Morgan fingerprint density at radius 2 is 2.19 bits per heavy atom. The van der Waals surface area contributed by atoms with Gasteiger partial charge in [-0.05, 0) is 18.1 Å². The lowest BCUT2D eigenvalue weighted by Crippen LogP contribution is -2.17. The second kappa shape index (κ2) is 6.17. The van der Waals surface area contributed by atoms with E-state index in [1.807, 2.05) is 6.92 Å². The minimum Gasteiger partial charge on any atom is -0.326 e. The van der Waals surface area contributed by atoms with Gasteiger partial charge in [0.05, 0.1) is 23.2 Å². The SMILES string of the molecule is C=C(CC)/C1=C\C(=O)c2c(cccc2NC(C)=O)/C=N/N1. The number of hydrogen-bond donors (Lipinski definition) is 2. The van der Waals surface area contributed by atoms with Gasteiger partial charge in [-0.15, -0.1) is 0 Å². The average Bonchev–Trinajstić information content (AvgIpc) is 2.42. The van der Waals surface area contributed by atoms with Crippen molar-refractivity contribution in [2.45, 2.75) is 20.3 Å². The number of benzene rings is 1. The molecule has 2 rings (SSSR count). The summed E-state index contributed by atoms with van der Waals surface area (Å²) in [6, 6.07) is 5.24. The molecule has 0 fully saturated rings. The van der Waals surface area contributed by atoms with Crippen molar-refractivity contribution in [2.24, 2.45) is 5.10 Å². The molecule has 21 heavy (non-hydrogen) atoms. The quantitative estimate of drug-likeness (QED) is 0.895. The summed E-state index contributed by atoms with van der Waals surface area (Å²) in [5, 5.41) is 6.78.